The van der Waals surface area contributed by atoms with Crippen LogP contribution in [0.3, 0.4) is 0 Å². The molecule has 2 N–H and O–H groups in total. The minimum absolute atomic E-state index is 0.202. The lowest BCUT2D eigenvalue weighted by Gasteiger charge is -2.25. The summed E-state index contributed by atoms with van der Waals surface area (Å²) in [6.45, 7) is 2.05. The summed E-state index contributed by atoms with van der Waals surface area (Å²) in [6, 6.07) is 16.9. The van der Waals surface area contributed by atoms with Crippen LogP contribution in [0.2, 0.25) is 0 Å². The molecule has 2 heteroatoms. The highest BCUT2D eigenvalue weighted by Crippen LogP contribution is 2.17. The van der Waals surface area contributed by atoms with Gasteiger partial charge in [0.2, 0.25) is 0 Å². The van der Waals surface area contributed by atoms with Crippen molar-refractivity contribution < 1.29 is 4.39 Å². The summed E-state index contributed by atoms with van der Waals surface area (Å²) in [6.07, 6.45) is 2.64. The van der Waals surface area contributed by atoms with Crippen LogP contribution in [0.1, 0.15) is 24.5 Å². The molecule has 0 radical (unpaired) electrons. The molecular formula is C17H20FN. The molecule has 2 rings (SSSR count). The monoisotopic (exact) mass is 257 g/mol. The molecule has 0 spiro atoms. The second kappa shape index (κ2) is 5.98. The van der Waals surface area contributed by atoms with Gasteiger partial charge in [-0.05, 0) is 49.4 Å². The van der Waals surface area contributed by atoms with Crippen molar-refractivity contribution in [1.82, 2.24) is 0 Å². The van der Waals surface area contributed by atoms with Crippen molar-refractivity contribution in [2.24, 2.45) is 5.73 Å². The van der Waals surface area contributed by atoms with Gasteiger partial charge >= 0.3 is 0 Å². The van der Waals surface area contributed by atoms with Gasteiger partial charge in [-0.25, -0.2) is 4.39 Å². The fraction of sp³-hybridized carbons (Fsp3) is 0.294. The van der Waals surface area contributed by atoms with Crippen molar-refractivity contribution in [2.75, 3.05) is 0 Å². The Morgan fingerprint density at radius 3 is 2.21 bits per heavy atom. The van der Waals surface area contributed by atoms with Crippen LogP contribution in [0.15, 0.2) is 54.6 Å². The highest BCUT2D eigenvalue weighted by atomic mass is 19.1. The second-order valence-electron chi connectivity index (χ2n) is 5.44. The Labute approximate surface area is 114 Å². The van der Waals surface area contributed by atoms with Gasteiger partial charge in [-0.15, -0.1) is 0 Å². The highest BCUT2D eigenvalue weighted by Gasteiger charge is 2.18. The number of nitrogens with two attached hydrogens (primary N) is 1. The Balaban J connectivity index is 1.93. The Bertz CT molecular complexity index is 503. The van der Waals surface area contributed by atoms with Gasteiger partial charge in [0, 0.05) is 5.54 Å². The molecule has 1 unspecified atom stereocenters. The van der Waals surface area contributed by atoms with E-state index in [1.165, 1.54) is 17.7 Å². The molecule has 0 aliphatic carbocycles. The summed E-state index contributed by atoms with van der Waals surface area (Å²) in [5, 5.41) is 0. The quantitative estimate of drug-likeness (QED) is 0.868. The maximum Gasteiger partial charge on any atom is 0.123 e. The van der Waals surface area contributed by atoms with E-state index in [1.54, 1.807) is 0 Å². The first-order valence-electron chi connectivity index (χ1n) is 6.62. The highest BCUT2D eigenvalue weighted by molar-refractivity contribution is 5.19. The molecule has 0 aliphatic rings. The molecular weight excluding hydrogens is 237 g/mol. The molecule has 2 aromatic rings. The van der Waals surface area contributed by atoms with Crippen molar-refractivity contribution in [3.63, 3.8) is 0 Å². The molecule has 0 aliphatic heterocycles. The number of aryl methyl sites for hydroxylation is 1. The Morgan fingerprint density at radius 1 is 0.947 bits per heavy atom. The van der Waals surface area contributed by atoms with Gasteiger partial charge in [0.05, 0.1) is 0 Å². The van der Waals surface area contributed by atoms with Gasteiger partial charge in [-0.2, -0.15) is 0 Å². The number of halogens is 1. The maximum absolute atomic E-state index is 12.9. The first-order valence-corrected chi connectivity index (χ1v) is 6.62. The molecule has 0 aromatic heterocycles. The largest absolute Gasteiger partial charge is 0.325 e. The van der Waals surface area contributed by atoms with Crippen molar-refractivity contribution in [3.8, 4) is 0 Å². The molecule has 19 heavy (non-hydrogen) atoms. The topological polar surface area (TPSA) is 26.0 Å². The zero-order chi connectivity index (χ0) is 13.7. The smallest absolute Gasteiger partial charge is 0.123 e. The van der Waals surface area contributed by atoms with E-state index in [0.29, 0.717) is 0 Å². The predicted molar refractivity (Wildman–Crippen MR) is 77.5 cm³/mol. The van der Waals surface area contributed by atoms with E-state index in [1.807, 2.05) is 30.3 Å². The molecule has 0 heterocycles. The molecule has 0 bridgehead atoms. The van der Waals surface area contributed by atoms with E-state index >= 15 is 0 Å². The molecule has 1 nitrogen and oxygen atoms in total. The summed E-state index contributed by atoms with van der Waals surface area (Å²) in [5.74, 6) is -0.202. The van der Waals surface area contributed by atoms with Crippen molar-refractivity contribution in [1.29, 1.82) is 0 Å². The fourth-order valence-corrected chi connectivity index (χ4v) is 2.23. The molecule has 1 atom stereocenters. The maximum atomic E-state index is 12.9. The zero-order valence-electron chi connectivity index (χ0n) is 11.3. The van der Waals surface area contributed by atoms with Crippen LogP contribution in [0.4, 0.5) is 4.39 Å². The van der Waals surface area contributed by atoms with Crippen molar-refractivity contribution in [2.45, 2.75) is 31.7 Å². The van der Waals surface area contributed by atoms with Gasteiger partial charge in [0.25, 0.3) is 0 Å². The lowest BCUT2D eigenvalue weighted by Crippen LogP contribution is -2.39. The molecule has 0 saturated carbocycles. The van der Waals surface area contributed by atoms with E-state index in [9.17, 15) is 4.39 Å². The lowest BCUT2D eigenvalue weighted by atomic mass is 9.88. The van der Waals surface area contributed by atoms with Gasteiger partial charge < -0.3 is 5.73 Å². The lowest BCUT2D eigenvalue weighted by molar-refractivity contribution is 0.429. The van der Waals surface area contributed by atoms with Crippen LogP contribution in [-0.2, 0) is 12.8 Å². The standard InChI is InChI=1S/C17H20FN/c1-17(19,12-11-14-5-3-2-4-6-14)13-15-7-9-16(18)10-8-15/h2-10H,11-13,19H2,1H3. The molecule has 0 saturated heterocycles. The average Bonchev–Trinajstić information content (AvgIpc) is 2.40. The Morgan fingerprint density at radius 2 is 1.58 bits per heavy atom. The number of hydrogen-bond donors (Lipinski definition) is 1. The minimum atomic E-state index is -0.270. The van der Waals surface area contributed by atoms with Crippen molar-refractivity contribution in [3.05, 3.63) is 71.5 Å². The Kier molecular flexibility index (Phi) is 4.33. The first kappa shape index (κ1) is 13.8. The normalized spacial score (nSPS) is 14.1. The van der Waals surface area contributed by atoms with Gasteiger partial charge in [0.1, 0.15) is 5.82 Å². The predicted octanol–water partition coefficient (Wildman–Crippen LogP) is 3.72. The van der Waals surface area contributed by atoms with Crippen LogP contribution in [0.25, 0.3) is 0 Å². The molecule has 2 aromatic carbocycles. The third-order valence-corrected chi connectivity index (χ3v) is 3.35. The number of benzene rings is 2. The average molecular weight is 257 g/mol. The number of rotatable bonds is 5. The second-order valence-corrected chi connectivity index (χ2v) is 5.44. The van der Waals surface area contributed by atoms with E-state index in [4.69, 9.17) is 5.73 Å². The third-order valence-electron chi connectivity index (χ3n) is 3.35. The Hall–Kier alpha value is -1.67. The van der Waals surface area contributed by atoms with E-state index in [-0.39, 0.29) is 11.4 Å². The first-order chi connectivity index (χ1) is 9.05. The summed E-state index contributed by atoms with van der Waals surface area (Å²) >= 11 is 0. The van der Waals surface area contributed by atoms with Crippen LogP contribution in [0, 0.1) is 5.82 Å². The summed E-state index contributed by atoms with van der Waals surface area (Å²) in [5.41, 5.74) is 8.46. The minimum Gasteiger partial charge on any atom is -0.325 e. The van der Waals surface area contributed by atoms with Crippen LogP contribution < -0.4 is 5.73 Å². The van der Waals surface area contributed by atoms with Crippen LogP contribution >= 0.6 is 0 Å². The summed E-state index contributed by atoms with van der Waals surface area (Å²) in [4.78, 5) is 0. The van der Waals surface area contributed by atoms with E-state index < -0.39 is 0 Å². The van der Waals surface area contributed by atoms with E-state index in [2.05, 4.69) is 19.1 Å². The molecule has 100 valence electrons. The van der Waals surface area contributed by atoms with E-state index in [0.717, 1.165) is 24.8 Å². The van der Waals surface area contributed by atoms with Gasteiger partial charge in [0.15, 0.2) is 0 Å². The van der Waals surface area contributed by atoms with Crippen LogP contribution in [-0.4, -0.2) is 5.54 Å². The zero-order valence-corrected chi connectivity index (χ0v) is 11.3. The molecule has 0 fully saturated rings. The summed E-state index contributed by atoms with van der Waals surface area (Å²) in [7, 11) is 0. The summed E-state index contributed by atoms with van der Waals surface area (Å²) < 4.78 is 12.9. The molecule has 0 amide bonds. The van der Waals surface area contributed by atoms with Gasteiger partial charge in [-0.1, -0.05) is 42.5 Å². The van der Waals surface area contributed by atoms with Crippen molar-refractivity contribution >= 4 is 0 Å². The third kappa shape index (κ3) is 4.49. The fourth-order valence-electron chi connectivity index (χ4n) is 2.23. The number of hydrogen-bond acceptors (Lipinski definition) is 1. The SMILES string of the molecule is CC(N)(CCc1ccccc1)Cc1ccc(F)cc1. The van der Waals surface area contributed by atoms with Gasteiger partial charge in [-0.3, -0.25) is 0 Å². The van der Waals surface area contributed by atoms with Crippen LogP contribution in [0.5, 0.6) is 0 Å².